The van der Waals surface area contributed by atoms with Gasteiger partial charge < -0.3 is 5.32 Å². The van der Waals surface area contributed by atoms with Gasteiger partial charge in [-0.1, -0.05) is 6.07 Å². The molecular weight excluding hydrogens is 327 g/mol. The Labute approximate surface area is 104 Å². The summed E-state index contributed by atoms with van der Waals surface area (Å²) in [6.07, 6.45) is 0. The highest BCUT2D eigenvalue weighted by Gasteiger charge is 2.12. The zero-order valence-electron chi connectivity index (χ0n) is 8.33. The molecule has 0 aliphatic rings. The smallest absolute Gasteiger partial charge is 0.240 e. The Morgan fingerprint density at radius 2 is 2.07 bits per heavy atom. The molecule has 1 aromatic rings. The minimum atomic E-state index is -3.35. The number of rotatable bonds is 5. The van der Waals surface area contributed by atoms with Crippen molar-refractivity contribution in [1.29, 1.82) is 0 Å². The third-order valence-corrected chi connectivity index (χ3v) is 3.90. The second-order valence-corrected chi connectivity index (χ2v) is 5.97. The van der Waals surface area contributed by atoms with Gasteiger partial charge in [-0.05, 0) is 47.8 Å². The minimum absolute atomic E-state index is 0.311. The molecule has 0 aromatic heterocycles. The van der Waals surface area contributed by atoms with Crippen LogP contribution in [0.3, 0.4) is 0 Å². The monoisotopic (exact) mass is 340 g/mol. The van der Waals surface area contributed by atoms with Gasteiger partial charge in [0.15, 0.2) is 0 Å². The predicted octanol–water partition coefficient (Wildman–Crippen LogP) is 0.789. The third-order valence-electron chi connectivity index (χ3n) is 1.77. The topological polar surface area (TPSA) is 58.2 Å². The average molecular weight is 340 g/mol. The van der Waals surface area contributed by atoms with E-state index in [1.165, 1.54) is 0 Å². The second kappa shape index (κ2) is 5.78. The lowest BCUT2D eigenvalue weighted by Gasteiger charge is -2.06. The summed E-state index contributed by atoms with van der Waals surface area (Å²) in [5.74, 6) is 0. The van der Waals surface area contributed by atoms with E-state index in [-0.39, 0.29) is 0 Å². The van der Waals surface area contributed by atoms with Gasteiger partial charge in [-0.3, -0.25) is 0 Å². The molecule has 84 valence electrons. The molecule has 6 heteroatoms. The van der Waals surface area contributed by atoms with E-state index in [1.807, 2.05) is 6.07 Å². The molecule has 0 aliphatic heterocycles. The van der Waals surface area contributed by atoms with Gasteiger partial charge >= 0.3 is 0 Å². The largest absolute Gasteiger partial charge is 0.318 e. The molecular formula is C9H13IN2O2S. The van der Waals surface area contributed by atoms with E-state index < -0.39 is 10.0 Å². The molecule has 1 rings (SSSR count). The molecule has 0 unspecified atom stereocenters. The summed E-state index contributed by atoms with van der Waals surface area (Å²) in [6.45, 7) is 1.01. The SMILES string of the molecule is CNCCNS(=O)(=O)c1cccc(I)c1. The maximum absolute atomic E-state index is 11.7. The highest BCUT2D eigenvalue weighted by molar-refractivity contribution is 14.1. The summed E-state index contributed by atoms with van der Waals surface area (Å²) in [5, 5.41) is 2.87. The van der Waals surface area contributed by atoms with Crippen molar-refractivity contribution in [2.45, 2.75) is 4.90 Å². The minimum Gasteiger partial charge on any atom is -0.318 e. The van der Waals surface area contributed by atoms with Crippen LogP contribution in [0.25, 0.3) is 0 Å². The molecule has 1 aromatic carbocycles. The highest BCUT2D eigenvalue weighted by Crippen LogP contribution is 2.12. The first-order valence-electron chi connectivity index (χ1n) is 4.46. The molecule has 0 atom stereocenters. The summed E-state index contributed by atoms with van der Waals surface area (Å²) in [5.41, 5.74) is 0. The van der Waals surface area contributed by atoms with E-state index in [4.69, 9.17) is 0 Å². The average Bonchev–Trinajstić information content (AvgIpc) is 2.18. The second-order valence-electron chi connectivity index (χ2n) is 2.96. The Kier molecular flexibility index (Phi) is 4.97. The summed E-state index contributed by atoms with van der Waals surface area (Å²) in [4.78, 5) is 0.311. The number of hydrogen-bond donors (Lipinski definition) is 2. The molecule has 0 spiro atoms. The third kappa shape index (κ3) is 4.06. The van der Waals surface area contributed by atoms with Crippen LogP contribution in [0, 0.1) is 3.57 Å². The molecule has 4 nitrogen and oxygen atoms in total. The molecule has 2 N–H and O–H groups in total. The van der Waals surface area contributed by atoms with Crippen molar-refractivity contribution in [3.8, 4) is 0 Å². The van der Waals surface area contributed by atoms with Gasteiger partial charge in [0.05, 0.1) is 4.90 Å². The lowest BCUT2D eigenvalue weighted by Crippen LogP contribution is -2.30. The molecule has 0 radical (unpaired) electrons. The van der Waals surface area contributed by atoms with E-state index >= 15 is 0 Å². The van der Waals surface area contributed by atoms with Crippen molar-refractivity contribution < 1.29 is 8.42 Å². The molecule has 0 bridgehead atoms. The van der Waals surface area contributed by atoms with Gasteiger partial charge in [0.1, 0.15) is 0 Å². The maximum atomic E-state index is 11.7. The molecule has 0 heterocycles. The standard InChI is InChI=1S/C9H13IN2O2S/c1-11-5-6-12-15(13,14)9-4-2-3-8(10)7-9/h2-4,7,11-12H,5-6H2,1H3. The first kappa shape index (κ1) is 12.9. The van der Waals surface area contributed by atoms with Gasteiger partial charge in [-0.2, -0.15) is 0 Å². The van der Waals surface area contributed by atoms with Crippen molar-refractivity contribution in [1.82, 2.24) is 10.0 Å². The zero-order chi connectivity index (χ0) is 11.3. The molecule has 0 aliphatic carbocycles. The van der Waals surface area contributed by atoms with E-state index in [0.717, 1.165) is 3.57 Å². The maximum Gasteiger partial charge on any atom is 0.240 e. The molecule has 0 saturated heterocycles. The quantitative estimate of drug-likeness (QED) is 0.616. The van der Waals surface area contributed by atoms with Crippen LogP contribution in [0.5, 0.6) is 0 Å². The Balaban J connectivity index is 2.77. The first-order chi connectivity index (χ1) is 7.06. The van der Waals surface area contributed by atoms with Gasteiger partial charge in [0.25, 0.3) is 0 Å². The van der Waals surface area contributed by atoms with Crippen molar-refractivity contribution in [2.24, 2.45) is 0 Å². The number of likely N-dealkylation sites (N-methyl/N-ethyl adjacent to an activating group) is 1. The fraction of sp³-hybridized carbons (Fsp3) is 0.333. The van der Waals surface area contributed by atoms with E-state index in [1.54, 1.807) is 25.2 Å². The number of hydrogen-bond acceptors (Lipinski definition) is 3. The van der Waals surface area contributed by atoms with Crippen molar-refractivity contribution in [3.63, 3.8) is 0 Å². The van der Waals surface area contributed by atoms with Gasteiger partial charge in [0, 0.05) is 16.7 Å². The summed E-state index contributed by atoms with van der Waals surface area (Å²) < 4.78 is 26.9. The van der Waals surface area contributed by atoms with Crippen LogP contribution in [-0.4, -0.2) is 28.6 Å². The zero-order valence-corrected chi connectivity index (χ0v) is 11.3. The molecule has 0 amide bonds. The van der Waals surface area contributed by atoms with Crippen molar-refractivity contribution >= 4 is 32.6 Å². The van der Waals surface area contributed by atoms with Gasteiger partial charge in [-0.15, -0.1) is 0 Å². The number of nitrogens with one attached hydrogen (secondary N) is 2. The molecule has 0 saturated carbocycles. The Morgan fingerprint density at radius 3 is 2.67 bits per heavy atom. The Morgan fingerprint density at radius 1 is 1.33 bits per heavy atom. The van der Waals surface area contributed by atoms with Crippen LogP contribution in [0.4, 0.5) is 0 Å². The predicted molar refractivity (Wildman–Crippen MR) is 68.3 cm³/mol. The van der Waals surface area contributed by atoms with E-state index in [0.29, 0.717) is 18.0 Å². The Hall–Kier alpha value is -0.180. The molecule has 15 heavy (non-hydrogen) atoms. The fourth-order valence-corrected chi connectivity index (χ4v) is 2.86. The summed E-state index contributed by atoms with van der Waals surface area (Å²) >= 11 is 2.09. The number of benzene rings is 1. The van der Waals surface area contributed by atoms with Crippen molar-refractivity contribution in [3.05, 3.63) is 27.8 Å². The van der Waals surface area contributed by atoms with E-state index in [2.05, 4.69) is 32.6 Å². The lowest BCUT2D eigenvalue weighted by atomic mass is 10.4. The normalized spacial score (nSPS) is 11.6. The number of halogens is 1. The van der Waals surface area contributed by atoms with E-state index in [9.17, 15) is 8.42 Å². The van der Waals surface area contributed by atoms with Crippen LogP contribution in [0.2, 0.25) is 0 Å². The fourth-order valence-electron chi connectivity index (χ4n) is 1.03. The van der Waals surface area contributed by atoms with Crippen molar-refractivity contribution in [2.75, 3.05) is 20.1 Å². The van der Waals surface area contributed by atoms with Gasteiger partial charge in [0.2, 0.25) is 10.0 Å². The van der Waals surface area contributed by atoms with Gasteiger partial charge in [-0.25, -0.2) is 13.1 Å². The van der Waals surface area contributed by atoms with Crippen LogP contribution in [0.15, 0.2) is 29.2 Å². The Bertz CT molecular complexity index is 420. The van der Waals surface area contributed by atoms with Crippen LogP contribution in [-0.2, 0) is 10.0 Å². The van der Waals surface area contributed by atoms with Crippen LogP contribution >= 0.6 is 22.6 Å². The molecule has 0 fully saturated rings. The first-order valence-corrected chi connectivity index (χ1v) is 7.02. The van der Waals surface area contributed by atoms with Crippen LogP contribution < -0.4 is 10.0 Å². The van der Waals surface area contributed by atoms with Crippen LogP contribution in [0.1, 0.15) is 0 Å². The highest BCUT2D eigenvalue weighted by atomic mass is 127. The number of sulfonamides is 1. The lowest BCUT2D eigenvalue weighted by molar-refractivity contribution is 0.579. The summed E-state index contributed by atoms with van der Waals surface area (Å²) in [7, 11) is -1.57. The summed E-state index contributed by atoms with van der Waals surface area (Å²) in [6, 6.07) is 6.81.